The minimum atomic E-state index is -3.74. The van der Waals surface area contributed by atoms with Crippen LogP contribution in [-0.4, -0.2) is 24.2 Å². The SMILES string of the molecule is Cc1ccc(-c2nc3c4ccccc4c4ccccc4c3n2-c2ccccc2)c(OS(C)(=O)=O)c1. The van der Waals surface area contributed by atoms with E-state index < -0.39 is 10.1 Å². The quantitative estimate of drug-likeness (QED) is 0.210. The molecular weight excluding hydrogens is 456 g/mol. The van der Waals surface area contributed by atoms with Crippen molar-refractivity contribution in [2.24, 2.45) is 0 Å². The first-order chi connectivity index (χ1) is 16.9. The smallest absolute Gasteiger partial charge is 0.306 e. The lowest BCUT2D eigenvalue weighted by Crippen LogP contribution is -2.08. The summed E-state index contributed by atoms with van der Waals surface area (Å²) < 4.78 is 31.8. The summed E-state index contributed by atoms with van der Waals surface area (Å²) >= 11 is 0. The first kappa shape index (κ1) is 21.4. The number of para-hydroxylation sites is 1. The Morgan fingerprint density at radius 1 is 0.743 bits per heavy atom. The first-order valence-corrected chi connectivity index (χ1v) is 13.1. The molecule has 0 saturated carbocycles. The third kappa shape index (κ3) is 3.63. The minimum Gasteiger partial charge on any atom is -0.382 e. The normalized spacial score (nSPS) is 11.9. The van der Waals surface area contributed by atoms with Gasteiger partial charge >= 0.3 is 10.1 Å². The summed E-state index contributed by atoms with van der Waals surface area (Å²) in [7, 11) is -3.74. The van der Waals surface area contributed by atoms with Gasteiger partial charge in [0.2, 0.25) is 0 Å². The van der Waals surface area contributed by atoms with Gasteiger partial charge < -0.3 is 4.18 Å². The number of aromatic nitrogens is 2. The third-order valence-electron chi connectivity index (χ3n) is 6.17. The van der Waals surface area contributed by atoms with Gasteiger partial charge in [-0.15, -0.1) is 0 Å². The molecule has 0 aliphatic heterocycles. The van der Waals surface area contributed by atoms with Crippen molar-refractivity contribution in [3.8, 4) is 22.8 Å². The molecule has 6 heteroatoms. The summed E-state index contributed by atoms with van der Waals surface area (Å²) in [5.41, 5.74) is 4.24. The van der Waals surface area contributed by atoms with E-state index in [2.05, 4.69) is 28.8 Å². The molecule has 0 saturated heterocycles. The highest BCUT2D eigenvalue weighted by atomic mass is 32.2. The number of rotatable bonds is 4. The highest BCUT2D eigenvalue weighted by Crippen LogP contribution is 2.41. The van der Waals surface area contributed by atoms with E-state index in [1.54, 1.807) is 6.07 Å². The van der Waals surface area contributed by atoms with Gasteiger partial charge in [-0.3, -0.25) is 4.57 Å². The molecule has 0 fully saturated rings. The molecule has 0 radical (unpaired) electrons. The Balaban J connectivity index is 1.83. The predicted molar refractivity (Wildman–Crippen MR) is 142 cm³/mol. The van der Waals surface area contributed by atoms with Crippen LogP contribution >= 0.6 is 0 Å². The fraction of sp³-hybridized carbons (Fsp3) is 0.0690. The van der Waals surface area contributed by atoms with Gasteiger partial charge in [0.1, 0.15) is 5.82 Å². The van der Waals surface area contributed by atoms with E-state index in [1.165, 1.54) is 0 Å². The fourth-order valence-electron chi connectivity index (χ4n) is 4.76. The van der Waals surface area contributed by atoms with E-state index in [-0.39, 0.29) is 5.75 Å². The van der Waals surface area contributed by atoms with E-state index in [4.69, 9.17) is 9.17 Å². The second-order valence-electron chi connectivity index (χ2n) is 8.68. The number of hydrogen-bond acceptors (Lipinski definition) is 4. The maximum absolute atomic E-state index is 12.1. The van der Waals surface area contributed by atoms with Crippen LogP contribution in [0, 0.1) is 6.92 Å². The summed E-state index contributed by atoms with van der Waals surface area (Å²) in [5.74, 6) is 0.875. The lowest BCUT2D eigenvalue weighted by Gasteiger charge is -2.14. The third-order valence-corrected chi connectivity index (χ3v) is 6.65. The molecule has 5 aromatic carbocycles. The van der Waals surface area contributed by atoms with E-state index >= 15 is 0 Å². The van der Waals surface area contributed by atoms with E-state index in [9.17, 15) is 8.42 Å². The van der Waals surface area contributed by atoms with Crippen LogP contribution in [0.4, 0.5) is 0 Å². The Morgan fingerprint density at radius 3 is 2.03 bits per heavy atom. The number of aryl methyl sites for hydroxylation is 1. The summed E-state index contributed by atoms with van der Waals surface area (Å²) in [6.07, 6.45) is 1.06. The second kappa shape index (κ2) is 7.96. The molecule has 0 amide bonds. The highest BCUT2D eigenvalue weighted by molar-refractivity contribution is 7.86. The van der Waals surface area contributed by atoms with Crippen molar-refractivity contribution in [2.75, 3.05) is 6.26 Å². The average molecular weight is 479 g/mol. The topological polar surface area (TPSA) is 61.2 Å². The molecule has 1 heterocycles. The van der Waals surface area contributed by atoms with E-state index in [1.807, 2.05) is 73.7 Å². The molecule has 0 aliphatic rings. The van der Waals surface area contributed by atoms with Crippen molar-refractivity contribution < 1.29 is 12.6 Å². The maximum atomic E-state index is 12.1. The van der Waals surface area contributed by atoms with Crippen molar-refractivity contribution in [2.45, 2.75) is 6.92 Å². The Bertz CT molecular complexity index is 1860. The number of fused-ring (bicyclic) bond motifs is 6. The molecule has 5 nitrogen and oxygen atoms in total. The summed E-state index contributed by atoms with van der Waals surface area (Å²) in [6, 6.07) is 32.1. The summed E-state index contributed by atoms with van der Waals surface area (Å²) in [5, 5.41) is 4.36. The van der Waals surface area contributed by atoms with Crippen molar-refractivity contribution in [3.05, 3.63) is 103 Å². The lowest BCUT2D eigenvalue weighted by atomic mass is 10.00. The average Bonchev–Trinajstić information content (AvgIpc) is 3.25. The number of imidazole rings is 1. The fourth-order valence-corrected chi connectivity index (χ4v) is 5.22. The Labute approximate surface area is 203 Å². The molecule has 35 heavy (non-hydrogen) atoms. The molecule has 0 bridgehead atoms. The van der Waals surface area contributed by atoms with Crippen LogP contribution in [0.1, 0.15) is 5.56 Å². The van der Waals surface area contributed by atoms with Crippen molar-refractivity contribution in [3.63, 3.8) is 0 Å². The second-order valence-corrected chi connectivity index (χ2v) is 10.3. The van der Waals surface area contributed by atoms with Gasteiger partial charge in [0.25, 0.3) is 0 Å². The van der Waals surface area contributed by atoms with Crippen LogP contribution < -0.4 is 4.18 Å². The molecule has 6 aromatic rings. The van der Waals surface area contributed by atoms with Crippen LogP contribution in [-0.2, 0) is 10.1 Å². The van der Waals surface area contributed by atoms with Crippen molar-refractivity contribution in [1.29, 1.82) is 0 Å². The molecule has 1 aromatic heterocycles. The number of nitrogens with zero attached hydrogens (tertiary/aromatic N) is 2. The monoisotopic (exact) mass is 478 g/mol. The molecule has 0 unspecified atom stereocenters. The zero-order valence-electron chi connectivity index (χ0n) is 19.3. The van der Waals surface area contributed by atoms with Crippen LogP contribution in [0.2, 0.25) is 0 Å². The van der Waals surface area contributed by atoms with Crippen LogP contribution in [0.5, 0.6) is 5.75 Å². The molecule has 0 aliphatic carbocycles. The van der Waals surface area contributed by atoms with Gasteiger partial charge in [0.05, 0.1) is 22.9 Å². The van der Waals surface area contributed by atoms with Gasteiger partial charge in [-0.25, -0.2) is 4.98 Å². The van der Waals surface area contributed by atoms with Gasteiger partial charge in [0, 0.05) is 16.5 Å². The highest BCUT2D eigenvalue weighted by Gasteiger charge is 2.23. The van der Waals surface area contributed by atoms with Gasteiger partial charge in [-0.05, 0) is 47.5 Å². The summed E-state index contributed by atoms with van der Waals surface area (Å²) in [6.45, 7) is 1.90. The molecule has 0 atom stereocenters. The molecule has 0 N–H and O–H groups in total. The zero-order chi connectivity index (χ0) is 24.2. The standard InChI is InChI=1S/C29H22N2O3S/c1-19-16-17-25(26(18-19)34-35(2,32)33)29-30-27-23-14-8-6-12-21(23)22-13-7-9-15-24(22)28(27)31(29)20-10-4-3-5-11-20/h3-18H,1-2H3. The Morgan fingerprint density at radius 2 is 1.34 bits per heavy atom. The Hall–Kier alpha value is -4.16. The molecule has 172 valence electrons. The van der Waals surface area contributed by atoms with Gasteiger partial charge in [0.15, 0.2) is 5.75 Å². The molecular formula is C29H22N2O3S. The first-order valence-electron chi connectivity index (χ1n) is 11.3. The van der Waals surface area contributed by atoms with Gasteiger partial charge in [-0.2, -0.15) is 8.42 Å². The lowest BCUT2D eigenvalue weighted by molar-refractivity contribution is 0.493. The van der Waals surface area contributed by atoms with Crippen molar-refractivity contribution >= 4 is 42.7 Å². The van der Waals surface area contributed by atoms with Gasteiger partial charge in [-0.1, -0.05) is 72.8 Å². The predicted octanol–water partition coefficient (Wildman–Crippen LogP) is 6.65. The van der Waals surface area contributed by atoms with Crippen LogP contribution in [0.3, 0.4) is 0 Å². The van der Waals surface area contributed by atoms with Crippen molar-refractivity contribution in [1.82, 2.24) is 9.55 Å². The van der Waals surface area contributed by atoms with Crippen LogP contribution in [0.25, 0.3) is 49.7 Å². The molecule has 6 rings (SSSR count). The minimum absolute atomic E-state index is 0.258. The summed E-state index contributed by atoms with van der Waals surface area (Å²) in [4.78, 5) is 5.15. The van der Waals surface area contributed by atoms with E-state index in [0.717, 1.165) is 50.1 Å². The maximum Gasteiger partial charge on any atom is 0.306 e. The zero-order valence-corrected chi connectivity index (χ0v) is 20.1. The Kier molecular flexibility index (Phi) is 4.86. The van der Waals surface area contributed by atoms with Crippen LogP contribution in [0.15, 0.2) is 97.1 Å². The largest absolute Gasteiger partial charge is 0.382 e. The number of hydrogen-bond donors (Lipinski definition) is 0. The van der Waals surface area contributed by atoms with E-state index in [0.29, 0.717) is 11.4 Å². The molecule has 0 spiro atoms. The number of benzene rings is 5.